The summed E-state index contributed by atoms with van der Waals surface area (Å²) in [6.45, 7) is 2.07. The van der Waals surface area contributed by atoms with E-state index >= 15 is 0 Å². The molecule has 3 aromatic carbocycles. The van der Waals surface area contributed by atoms with Crippen molar-refractivity contribution in [2.24, 2.45) is 5.41 Å². The molecule has 0 saturated carbocycles. The average Bonchev–Trinajstić information content (AvgIpc) is 2.89. The van der Waals surface area contributed by atoms with Gasteiger partial charge in [0.25, 0.3) is 5.91 Å². The third-order valence-electron chi connectivity index (χ3n) is 6.56. The van der Waals surface area contributed by atoms with Crippen LogP contribution in [0.15, 0.2) is 89.4 Å². The van der Waals surface area contributed by atoms with E-state index in [1.165, 1.54) is 0 Å². The zero-order valence-electron chi connectivity index (χ0n) is 20.0. The van der Waals surface area contributed by atoms with E-state index in [4.69, 9.17) is 4.74 Å². The van der Waals surface area contributed by atoms with Crippen molar-refractivity contribution in [1.82, 2.24) is 9.80 Å². The molecule has 0 aliphatic carbocycles. The number of rotatable bonds is 8. The topological polar surface area (TPSA) is 49.9 Å². The Kier molecular flexibility index (Phi) is 8.24. The van der Waals surface area contributed by atoms with E-state index < -0.39 is 5.41 Å². The molecule has 0 radical (unpaired) electrons. The Morgan fingerprint density at radius 2 is 1.63 bits per heavy atom. The van der Waals surface area contributed by atoms with E-state index in [1.54, 1.807) is 4.90 Å². The summed E-state index contributed by atoms with van der Waals surface area (Å²) in [7, 11) is 1.84. The zero-order valence-corrected chi connectivity index (χ0v) is 21.6. The molecule has 1 aliphatic rings. The number of carbonyl (C=O) groups excluding carboxylic acids is 2. The van der Waals surface area contributed by atoms with E-state index in [2.05, 4.69) is 15.9 Å². The molecule has 2 amide bonds. The number of hydrogen-bond donors (Lipinski definition) is 0. The van der Waals surface area contributed by atoms with Gasteiger partial charge in [0.2, 0.25) is 5.91 Å². The van der Waals surface area contributed by atoms with E-state index in [-0.39, 0.29) is 11.8 Å². The first-order valence-corrected chi connectivity index (χ1v) is 12.7. The Bertz CT molecular complexity index is 1140. The quantitative estimate of drug-likeness (QED) is 0.367. The Morgan fingerprint density at radius 1 is 0.971 bits per heavy atom. The maximum atomic E-state index is 13.4. The van der Waals surface area contributed by atoms with Gasteiger partial charge in [-0.1, -0.05) is 60.7 Å². The van der Waals surface area contributed by atoms with Crippen LogP contribution in [0.2, 0.25) is 0 Å². The summed E-state index contributed by atoms with van der Waals surface area (Å²) in [5.41, 5.74) is 1.26. The molecule has 0 N–H and O–H groups in total. The van der Waals surface area contributed by atoms with Crippen molar-refractivity contribution in [3.05, 3.63) is 101 Å². The van der Waals surface area contributed by atoms with Gasteiger partial charge in [-0.15, -0.1) is 0 Å². The fourth-order valence-corrected chi connectivity index (χ4v) is 5.11. The molecular weight excluding hydrogens is 504 g/mol. The third kappa shape index (κ3) is 6.51. The van der Waals surface area contributed by atoms with Crippen molar-refractivity contribution in [3.8, 4) is 5.75 Å². The summed E-state index contributed by atoms with van der Waals surface area (Å²) in [4.78, 5) is 30.4. The van der Waals surface area contributed by atoms with Crippen molar-refractivity contribution in [2.45, 2.75) is 25.8 Å². The van der Waals surface area contributed by atoms with E-state index in [1.807, 2.05) is 96.9 Å². The first-order chi connectivity index (χ1) is 17.0. The van der Waals surface area contributed by atoms with Gasteiger partial charge in [0.1, 0.15) is 5.75 Å². The van der Waals surface area contributed by atoms with Crippen LogP contribution < -0.4 is 4.74 Å². The lowest BCUT2D eigenvalue weighted by molar-refractivity contribution is -0.134. The van der Waals surface area contributed by atoms with Crippen molar-refractivity contribution in [2.75, 3.05) is 26.7 Å². The van der Waals surface area contributed by atoms with E-state index in [9.17, 15) is 9.59 Å². The molecule has 3 aromatic rings. The number of carbonyl (C=O) groups is 2. The van der Waals surface area contributed by atoms with Crippen LogP contribution in [0.25, 0.3) is 0 Å². The fraction of sp³-hybridized carbons (Fsp3) is 0.310. The highest BCUT2D eigenvalue weighted by atomic mass is 79.9. The molecule has 5 nitrogen and oxygen atoms in total. The molecule has 0 aromatic heterocycles. The lowest BCUT2D eigenvalue weighted by Gasteiger charge is -2.43. The maximum absolute atomic E-state index is 13.4. The number of hydrogen-bond acceptors (Lipinski definition) is 3. The first-order valence-electron chi connectivity index (χ1n) is 12.0. The van der Waals surface area contributed by atoms with Gasteiger partial charge >= 0.3 is 0 Å². The normalized spacial score (nSPS) is 17.6. The standard InChI is InChI=1S/C29H31BrN2O3/c1-31(20-23-11-4-2-5-12-23)27(33)19-29(22-35-24-13-6-3-7-14-24)17-10-18-32(21-29)28(34)25-15-8-9-16-26(25)30/h2-9,11-16H,10,17-22H2,1H3/t29-/m1/s1. The summed E-state index contributed by atoms with van der Waals surface area (Å²) >= 11 is 3.51. The molecule has 1 atom stereocenters. The second kappa shape index (κ2) is 11.5. The molecule has 35 heavy (non-hydrogen) atoms. The highest BCUT2D eigenvalue weighted by Crippen LogP contribution is 2.36. The van der Waals surface area contributed by atoms with Gasteiger partial charge in [0, 0.05) is 43.0 Å². The number of nitrogens with zero attached hydrogens (tertiary/aromatic N) is 2. The van der Waals surface area contributed by atoms with Crippen LogP contribution in [-0.2, 0) is 11.3 Å². The highest BCUT2D eigenvalue weighted by molar-refractivity contribution is 9.10. The molecule has 0 bridgehead atoms. The number of likely N-dealkylation sites (tertiary alicyclic amines) is 1. The first kappa shape index (κ1) is 25.0. The molecule has 1 fully saturated rings. The molecule has 182 valence electrons. The maximum Gasteiger partial charge on any atom is 0.255 e. The monoisotopic (exact) mass is 534 g/mol. The summed E-state index contributed by atoms with van der Waals surface area (Å²) in [5, 5.41) is 0. The fourth-order valence-electron chi connectivity index (χ4n) is 4.65. The Hall–Kier alpha value is -3.12. The van der Waals surface area contributed by atoms with E-state index in [0.717, 1.165) is 28.6 Å². The van der Waals surface area contributed by atoms with Crippen LogP contribution in [0.5, 0.6) is 5.75 Å². The molecule has 4 rings (SSSR count). The van der Waals surface area contributed by atoms with Crippen LogP contribution in [-0.4, -0.2) is 48.4 Å². The minimum Gasteiger partial charge on any atom is -0.493 e. The average molecular weight is 535 g/mol. The van der Waals surface area contributed by atoms with Crippen LogP contribution in [0.4, 0.5) is 0 Å². The van der Waals surface area contributed by atoms with Crippen molar-refractivity contribution < 1.29 is 14.3 Å². The van der Waals surface area contributed by atoms with Gasteiger partial charge in [-0.2, -0.15) is 0 Å². The zero-order chi connectivity index (χ0) is 24.7. The second-order valence-corrected chi connectivity index (χ2v) is 10.2. The minimum absolute atomic E-state index is 0.0219. The van der Waals surface area contributed by atoms with E-state index in [0.29, 0.717) is 38.2 Å². The summed E-state index contributed by atoms with van der Waals surface area (Å²) in [6, 6.07) is 27.1. The molecule has 0 spiro atoms. The van der Waals surface area contributed by atoms with Crippen molar-refractivity contribution >= 4 is 27.7 Å². The van der Waals surface area contributed by atoms with Gasteiger partial charge in [-0.25, -0.2) is 0 Å². The molecule has 1 heterocycles. The van der Waals surface area contributed by atoms with Gasteiger partial charge in [0.05, 0.1) is 12.2 Å². The van der Waals surface area contributed by atoms with Crippen LogP contribution in [0.3, 0.4) is 0 Å². The van der Waals surface area contributed by atoms with Crippen LogP contribution in [0.1, 0.15) is 35.2 Å². The minimum atomic E-state index is -0.465. The smallest absolute Gasteiger partial charge is 0.255 e. The Morgan fingerprint density at radius 3 is 2.34 bits per heavy atom. The predicted octanol–water partition coefficient (Wildman–Crippen LogP) is 5.80. The number of amides is 2. The number of para-hydroxylation sites is 1. The van der Waals surface area contributed by atoms with Gasteiger partial charge in [0.15, 0.2) is 0 Å². The Labute approximate surface area is 215 Å². The number of benzene rings is 3. The molecule has 6 heteroatoms. The van der Waals surface area contributed by atoms with Crippen molar-refractivity contribution in [3.63, 3.8) is 0 Å². The van der Waals surface area contributed by atoms with Crippen molar-refractivity contribution in [1.29, 1.82) is 0 Å². The van der Waals surface area contributed by atoms with Gasteiger partial charge < -0.3 is 14.5 Å². The Balaban J connectivity index is 1.53. The van der Waals surface area contributed by atoms with Crippen LogP contribution >= 0.6 is 15.9 Å². The van der Waals surface area contributed by atoms with Gasteiger partial charge in [-0.3, -0.25) is 9.59 Å². The second-order valence-electron chi connectivity index (χ2n) is 9.32. The number of piperidine rings is 1. The summed E-state index contributed by atoms with van der Waals surface area (Å²) in [6.07, 6.45) is 1.97. The molecule has 0 unspecified atom stereocenters. The van der Waals surface area contributed by atoms with Gasteiger partial charge in [-0.05, 0) is 58.6 Å². The largest absolute Gasteiger partial charge is 0.493 e. The summed E-state index contributed by atoms with van der Waals surface area (Å²) in [5.74, 6) is 0.804. The molecule has 1 saturated heterocycles. The summed E-state index contributed by atoms with van der Waals surface area (Å²) < 4.78 is 6.97. The highest BCUT2D eigenvalue weighted by Gasteiger charge is 2.41. The van der Waals surface area contributed by atoms with Crippen LogP contribution in [0, 0.1) is 5.41 Å². The molecule has 1 aliphatic heterocycles. The third-order valence-corrected chi connectivity index (χ3v) is 7.25. The number of ether oxygens (including phenoxy) is 1. The number of halogens is 1. The lowest BCUT2D eigenvalue weighted by atomic mass is 9.77. The molecular formula is C29H31BrN2O3. The SMILES string of the molecule is CN(Cc1ccccc1)C(=O)C[C@]1(COc2ccccc2)CCCN(C(=O)c2ccccc2Br)C1. The lowest BCUT2D eigenvalue weighted by Crippen LogP contribution is -2.50. The predicted molar refractivity (Wildman–Crippen MR) is 141 cm³/mol.